The molecule has 88 valence electrons. The van der Waals surface area contributed by atoms with Gasteiger partial charge in [-0.2, -0.15) is 0 Å². The first-order valence-corrected chi connectivity index (χ1v) is 5.65. The van der Waals surface area contributed by atoms with E-state index in [1.165, 1.54) is 0 Å². The van der Waals surface area contributed by atoms with E-state index in [2.05, 4.69) is 0 Å². The largest absolute Gasteiger partial charge is 0.461 e. The van der Waals surface area contributed by atoms with Gasteiger partial charge in [-0.15, -0.1) is 0 Å². The first kappa shape index (κ1) is 11.5. The van der Waals surface area contributed by atoms with E-state index in [4.69, 9.17) is 4.74 Å². The summed E-state index contributed by atoms with van der Waals surface area (Å²) in [6.45, 7) is 4.16. The highest BCUT2D eigenvalue weighted by Crippen LogP contribution is 2.17. The fourth-order valence-corrected chi connectivity index (χ4v) is 1.82. The number of rotatable bonds is 3. The number of nitrogens with zero attached hydrogens (tertiary/aromatic N) is 1. The molecule has 0 N–H and O–H groups in total. The Labute approximate surface area is 101 Å². The van der Waals surface area contributed by atoms with Crippen molar-refractivity contribution in [2.75, 3.05) is 6.61 Å². The number of ether oxygens (including phenoxy) is 1. The third-order valence-corrected chi connectivity index (χ3v) is 2.57. The predicted octanol–water partition coefficient (Wildman–Crippen LogP) is 2.96. The van der Waals surface area contributed by atoms with Crippen LogP contribution >= 0.6 is 0 Å². The van der Waals surface area contributed by atoms with Gasteiger partial charge in [0.05, 0.1) is 6.61 Å². The Hall–Kier alpha value is -2.03. The number of hydrogen-bond donors (Lipinski definition) is 0. The SMILES string of the molecule is CCOC(=O)c1ccc(C)n1-c1ccccc1. The van der Waals surface area contributed by atoms with Crippen LogP contribution in [0.15, 0.2) is 42.5 Å². The van der Waals surface area contributed by atoms with Crippen LogP contribution in [0.4, 0.5) is 0 Å². The molecule has 17 heavy (non-hydrogen) atoms. The number of para-hydroxylation sites is 1. The maximum absolute atomic E-state index is 11.8. The molecule has 0 radical (unpaired) electrons. The minimum absolute atomic E-state index is 0.288. The molecule has 0 saturated heterocycles. The summed E-state index contributed by atoms with van der Waals surface area (Å²) in [5.74, 6) is -0.288. The average molecular weight is 229 g/mol. The fraction of sp³-hybridized carbons (Fsp3) is 0.214. The van der Waals surface area contributed by atoms with Gasteiger partial charge >= 0.3 is 5.97 Å². The molecule has 2 aromatic rings. The van der Waals surface area contributed by atoms with E-state index in [1.807, 2.05) is 47.9 Å². The molecule has 0 unspecified atom stereocenters. The highest BCUT2D eigenvalue weighted by Gasteiger charge is 2.14. The van der Waals surface area contributed by atoms with Crippen molar-refractivity contribution in [1.82, 2.24) is 4.57 Å². The lowest BCUT2D eigenvalue weighted by molar-refractivity contribution is 0.0517. The van der Waals surface area contributed by atoms with Crippen LogP contribution in [0.25, 0.3) is 5.69 Å². The molecule has 0 amide bonds. The molecule has 0 aliphatic rings. The first-order chi connectivity index (χ1) is 8.24. The van der Waals surface area contributed by atoms with Gasteiger partial charge in [0.2, 0.25) is 0 Å². The minimum atomic E-state index is -0.288. The van der Waals surface area contributed by atoms with Crippen molar-refractivity contribution in [3.8, 4) is 5.69 Å². The van der Waals surface area contributed by atoms with Crippen molar-refractivity contribution in [3.05, 3.63) is 53.9 Å². The molecular weight excluding hydrogens is 214 g/mol. The predicted molar refractivity (Wildman–Crippen MR) is 66.5 cm³/mol. The monoisotopic (exact) mass is 229 g/mol. The first-order valence-electron chi connectivity index (χ1n) is 5.65. The highest BCUT2D eigenvalue weighted by molar-refractivity contribution is 5.88. The third-order valence-electron chi connectivity index (χ3n) is 2.57. The number of aryl methyl sites for hydroxylation is 1. The summed E-state index contributed by atoms with van der Waals surface area (Å²) in [6.07, 6.45) is 0. The van der Waals surface area contributed by atoms with E-state index < -0.39 is 0 Å². The zero-order chi connectivity index (χ0) is 12.3. The van der Waals surface area contributed by atoms with Crippen LogP contribution in [0.1, 0.15) is 23.1 Å². The molecule has 0 saturated carbocycles. The second kappa shape index (κ2) is 4.87. The second-order valence-electron chi connectivity index (χ2n) is 3.75. The van der Waals surface area contributed by atoms with Crippen molar-refractivity contribution < 1.29 is 9.53 Å². The van der Waals surface area contributed by atoms with E-state index in [1.54, 1.807) is 13.0 Å². The average Bonchev–Trinajstić information content (AvgIpc) is 2.73. The summed E-state index contributed by atoms with van der Waals surface area (Å²) in [7, 11) is 0. The quantitative estimate of drug-likeness (QED) is 0.758. The van der Waals surface area contributed by atoms with Crippen molar-refractivity contribution in [2.45, 2.75) is 13.8 Å². The molecule has 1 aromatic carbocycles. The molecule has 0 spiro atoms. The Balaban J connectivity index is 2.47. The van der Waals surface area contributed by atoms with E-state index in [-0.39, 0.29) is 5.97 Å². The van der Waals surface area contributed by atoms with Crippen LogP contribution in [0.5, 0.6) is 0 Å². The number of benzene rings is 1. The molecule has 0 atom stereocenters. The molecule has 2 rings (SSSR count). The van der Waals surface area contributed by atoms with Crippen LogP contribution in [-0.4, -0.2) is 17.1 Å². The Kier molecular flexibility index (Phi) is 3.28. The van der Waals surface area contributed by atoms with Crippen molar-refractivity contribution in [2.24, 2.45) is 0 Å². The summed E-state index contributed by atoms with van der Waals surface area (Å²) >= 11 is 0. The maximum atomic E-state index is 11.8. The Bertz CT molecular complexity index is 514. The fourth-order valence-electron chi connectivity index (χ4n) is 1.82. The van der Waals surface area contributed by atoms with E-state index in [0.717, 1.165) is 11.4 Å². The number of carbonyl (C=O) groups excluding carboxylic acids is 1. The summed E-state index contributed by atoms with van der Waals surface area (Å²) in [5, 5.41) is 0. The topological polar surface area (TPSA) is 31.2 Å². The lowest BCUT2D eigenvalue weighted by atomic mass is 10.3. The van der Waals surface area contributed by atoms with Crippen LogP contribution in [0, 0.1) is 6.92 Å². The number of esters is 1. The van der Waals surface area contributed by atoms with Gasteiger partial charge in [0.1, 0.15) is 5.69 Å². The van der Waals surface area contributed by atoms with Crippen LogP contribution < -0.4 is 0 Å². The number of hydrogen-bond acceptors (Lipinski definition) is 2. The van der Waals surface area contributed by atoms with E-state index in [0.29, 0.717) is 12.3 Å². The third kappa shape index (κ3) is 2.23. The van der Waals surface area contributed by atoms with Gasteiger partial charge in [-0.25, -0.2) is 4.79 Å². The molecule has 3 nitrogen and oxygen atoms in total. The molecule has 1 aromatic heterocycles. The number of aromatic nitrogens is 1. The highest BCUT2D eigenvalue weighted by atomic mass is 16.5. The lowest BCUT2D eigenvalue weighted by Gasteiger charge is -2.10. The van der Waals surface area contributed by atoms with Crippen molar-refractivity contribution in [1.29, 1.82) is 0 Å². The zero-order valence-corrected chi connectivity index (χ0v) is 10.0. The Morgan fingerprint density at radius 2 is 1.88 bits per heavy atom. The van der Waals surface area contributed by atoms with Crippen LogP contribution in [0.2, 0.25) is 0 Å². The normalized spacial score (nSPS) is 10.2. The summed E-state index contributed by atoms with van der Waals surface area (Å²) in [4.78, 5) is 11.8. The van der Waals surface area contributed by atoms with Crippen LogP contribution in [0.3, 0.4) is 0 Å². The van der Waals surface area contributed by atoms with Gasteiger partial charge in [-0.05, 0) is 38.1 Å². The second-order valence-corrected chi connectivity index (χ2v) is 3.75. The van der Waals surface area contributed by atoms with E-state index in [9.17, 15) is 4.79 Å². The van der Waals surface area contributed by atoms with Crippen molar-refractivity contribution in [3.63, 3.8) is 0 Å². The molecule has 1 heterocycles. The van der Waals surface area contributed by atoms with Crippen molar-refractivity contribution >= 4 is 5.97 Å². The summed E-state index contributed by atoms with van der Waals surface area (Å²) in [5.41, 5.74) is 2.55. The Morgan fingerprint density at radius 3 is 2.53 bits per heavy atom. The van der Waals surface area contributed by atoms with Gasteiger partial charge in [-0.3, -0.25) is 0 Å². The van der Waals surface area contributed by atoms with Gasteiger partial charge in [0.15, 0.2) is 0 Å². The summed E-state index contributed by atoms with van der Waals surface area (Å²) < 4.78 is 6.94. The Morgan fingerprint density at radius 1 is 1.18 bits per heavy atom. The van der Waals surface area contributed by atoms with Gasteiger partial charge in [-0.1, -0.05) is 18.2 Å². The molecule has 0 aliphatic heterocycles. The van der Waals surface area contributed by atoms with Gasteiger partial charge in [0.25, 0.3) is 0 Å². The smallest absolute Gasteiger partial charge is 0.355 e. The molecule has 0 fully saturated rings. The molecule has 0 bridgehead atoms. The number of carbonyl (C=O) groups is 1. The minimum Gasteiger partial charge on any atom is -0.461 e. The lowest BCUT2D eigenvalue weighted by Crippen LogP contribution is -2.11. The standard InChI is InChI=1S/C14H15NO2/c1-3-17-14(16)13-10-9-11(2)15(13)12-7-5-4-6-8-12/h4-10H,3H2,1-2H3. The molecular formula is C14H15NO2. The van der Waals surface area contributed by atoms with Gasteiger partial charge < -0.3 is 9.30 Å². The molecule has 0 aliphatic carbocycles. The zero-order valence-electron chi connectivity index (χ0n) is 10.0. The summed E-state index contributed by atoms with van der Waals surface area (Å²) in [6, 6.07) is 13.5. The van der Waals surface area contributed by atoms with E-state index >= 15 is 0 Å². The van der Waals surface area contributed by atoms with Gasteiger partial charge in [0, 0.05) is 11.4 Å². The molecule has 3 heteroatoms. The maximum Gasteiger partial charge on any atom is 0.355 e. The van der Waals surface area contributed by atoms with Crippen LogP contribution in [-0.2, 0) is 4.74 Å².